The van der Waals surface area contributed by atoms with Crippen LogP contribution in [0.5, 0.6) is 0 Å². The van der Waals surface area contributed by atoms with Crippen molar-refractivity contribution in [3.05, 3.63) is 104 Å². The maximum absolute atomic E-state index is 13.5. The van der Waals surface area contributed by atoms with Gasteiger partial charge < -0.3 is 4.90 Å². The summed E-state index contributed by atoms with van der Waals surface area (Å²) in [5.74, 6) is 0.362. The molecule has 1 aliphatic rings. The largest absolute Gasteiger partial charge is 0.311 e. The van der Waals surface area contributed by atoms with Gasteiger partial charge in [-0.2, -0.15) is 0 Å². The number of para-hydroxylation sites is 1. The molecule has 4 aromatic rings. The summed E-state index contributed by atoms with van der Waals surface area (Å²) in [5, 5.41) is 0.570. The highest BCUT2D eigenvalue weighted by molar-refractivity contribution is 14.1. The Morgan fingerprint density at radius 1 is 0.968 bits per heavy atom. The van der Waals surface area contributed by atoms with Crippen molar-refractivity contribution in [2.24, 2.45) is 0 Å². The molecule has 0 N–H and O–H groups in total. The maximum Gasteiger partial charge on any atom is 0.261 e. The van der Waals surface area contributed by atoms with Crippen LogP contribution in [-0.2, 0) is 11.3 Å². The van der Waals surface area contributed by atoms with Crippen molar-refractivity contribution in [3.8, 4) is 0 Å². The van der Waals surface area contributed by atoms with Crippen molar-refractivity contribution in [3.63, 3.8) is 0 Å². The second kappa shape index (κ2) is 7.77. The maximum atomic E-state index is 13.5. The van der Waals surface area contributed by atoms with Gasteiger partial charge in [0.15, 0.2) is 0 Å². The molecule has 152 valence electrons. The number of carbonyl (C=O) groups excluding carboxylic acids is 1. The Balaban J connectivity index is 1.76. The fourth-order valence-electron chi connectivity index (χ4n) is 3.91. The second-order valence-corrected chi connectivity index (χ2v) is 8.69. The average Bonchev–Trinajstić information content (AvgIpc) is 3.03. The normalized spacial score (nSPS) is 14.5. The van der Waals surface area contributed by atoms with Gasteiger partial charge in [-0.3, -0.25) is 14.2 Å². The van der Waals surface area contributed by atoms with Gasteiger partial charge in [0.2, 0.25) is 0 Å². The van der Waals surface area contributed by atoms with Crippen LogP contribution in [0.1, 0.15) is 17.0 Å². The topological polar surface area (TPSA) is 55.2 Å². The van der Waals surface area contributed by atoms with Crippen LogP contribution in [0.4, 0.5) is 5.69 Å². The van der Waals surface area contributed by atoms with Gasteiger partial charge in [0.25, 0.3) is 11.5 Å². The minimum atomic E-state index is -0.119. The van der Waals surface area contributed by atoms with Crippen LogP contribution in [0.3, 0.4) is 0 Å². The third kappa shape index (κ3) is 3.46. The standard InChI is InChI=1S/C25H18IN3O2/c1-28-22-10-6-5-9-18(22)19(24(28)30)14-23-27-21-12-11-17(26)13-20(21)25(31)29(23)15-16-7-3-2-4-8-16/h2-14H,15H2,1H3. The summed E-state index contributed by atoms with van der Waals surface area (Å²) in [6.45, 7) is 0.374. The van der Waals surface area contributed by atoms with Gasteiger partial charge in [-0.05, 0) is 58.5 Å². The molecule has 31 heavy (non-hydrogen) atoms. The van der Waals surface area contributed by atoms with Crippen LogP contribution in [0.25, 0.3) is 22.6 Å². The minimum Gasteiger partial charge on any atom is -0.311 e. The van der Waals surface area contributed by atoms with E-state index < -0.39 is 0 Å². The summed E-state index contributed by atoms with van der Waals surface area (Å²) in [6, 6.07) is 23.1. The van der Waals surface area contributed by atoms with Crippen molar-refractivity contribution in [1.29, 1.82) is 0 Å². The van der Waals surface area contributed by atoms with Gasteiger partial charge in [0, 0.05) is 16.2 Å². The zero-order valence-electron chi connectivity index (χ0n) is 16.7. The number of carbonyl (C=O) groups is 1. The van der Waals surface area contributed by atoms with E-state index in [0.717, 1.165) is 20.4 Å². The van der Waals surface area contributed by atoms with Crippen molar-refractivity contribution in [2.45, 2.75) is 6.54 Å². The van der Waals surface area contributed by atoms with E-state index in [1.165, 1.54) is 0 Å². The molecule has 0 atom stereocenters. The van der Waals surface area contributed by atoms with E-state index in [2.05, 4.69) is 22.6 Å². The Morgan fingerprint density at radius 3 is 2.52 bits per heavy atom. The molecule has 0 spiro atoms. The number of anilines is 1. The molecule has 0 saturated heterocycles. The predicted octanol–water partition coefficient (Wildman–Crippen LogP) is 4.57. The summed E-state index contributed by atoms with van der Waals surface area (Å²) < 4.78 is 2.62. The smallest absolute Gasteiger partial charge is 0.261 e. The third-order valence-electron chi connectivity index (χ3n) is 5.49. The summed E-state index contributed by atoms with van der Waals surface area (Å²) in [6.07, 6.45) is 1.74. The highest BCUT2D eigenvalue weighted by Gasteiger charge is 2.29. The van der Waals surface area contributed by atoms with E-state index in [9.17, 15) is 9.59 Å². The molecule has 1 amide bonds. The molecule has 6 heteroatoms. The molecule has 1 aliphatic heterocycles. The Kier molecular flexibility index (Phi) is 4.94. The van der Waals surface area contributed by atoms with Gasteiger partial charge in [-0.15, -0.1) is 0 Å². The Bertz CT molecular complexity index is 1420. The lowest BCUT2D eigenvalue weighted by Crippen LogP contribution is -2.25. The number of benzene rings is 3. The van der Waals surface area contributed by atoms with Gasteiger partial charge in [0.05, 0.1) is 28.7 Å². The monoisotopic (exact) mass is 519 g/mol. The van der Waals surface area contributed by atoms with E-state index in [1.807, 2.05) is 72.8 Å². The number of amides is 1. The van der Waals surface area contributed by atoms with Gasteiger partial charge in [-0.1, -0.05) is 48.5 Å². The first-order chi connectivity index (χ1) is 15.0. The Morgan fingerprint density at radius 2 is 1.71 bits per heavy atom. The number of hydrogen-bond donors (Lipinski definition) is 0. The lowest BCUT2D eigenvalue weighted by atomic mass is 10.1. The van der Waals surface area contributed by atoms with Gasteiger partial charge >= 0.3 is 0 Å². The summed E-state index contributed by atoms with van der Waals surface area (Å²) in [5.41, 5.74) is 3.73. The first-order valence-corrected chi connectivity index (χ1v) is 10.9. The first kappa shape index (κ1) is 19.7. The van der Waals surface area contributed by atoms with E-state index in [0.29, 0.717) is 28.8 Å². The molecule has 5 rings (SSSR count). The molecular weight excluding hydrogens is 501 g/mol. The van der Waals surface area contributed by atoms with E-state index in [-0.39, 0.29) is 11.5 Å². The zero-order chi connectivity index (χ0) is 21.5. The number of halogens is 1. The SMILES string of the molecule is CN1C(=O)C(=Cc2nc3ccc(I)cc3c(=O)n2Cc2ccccc2)c2ccccc21. The molecule has 5 nitrogen and oxygen atoms in total. The Hall–Kier alpha value is -3.26. The van der Waals surface area contributed by atoms with Crippen molar-refractivity contribution in [1.82, 2.24) is 9.55 Å². The number of rotatable bonds is 3. The van der Waals surface area contributed by atoms with Crippen LogP contribution in [0.15, 0.2) is 77.6 Å². The molecule has 0 aliphatic carbocycles. The summed E-state index contributed by atoms with van der Waals surface area (Å²) in [7, 11) is 1.76. The van der Waals surface area contributed by atoms with Crippen LogP contribution in [0.2, 0.25) is 0 Å². The first-order valence-electron chi connectivity index (χ1n) is 9.86. The van der Waals surface area contributed by atoms with Crippen molar-refractivity contribution in [2.75, 3.05) is 11.9 Å². The number of nitrogens with zero attached hydrogens (tertiary/aromatic N) is 3. The van der Waals surface area contributed by atoms with Crippen LogP contribution >= 0.6 is 22.6 Å². The molecule has 2 heterocycles. The van der Waals surface area contributed by atoms with Crippen molar-refractivity contribution < 1.29 is 4.79 Å². The van der Waals surface area contributed by atoms with Gasteiger partial charge in [0.1, 0.15) is 5.82 Å². The number of aromatic nitrogens is 2. The van der Waals surface area contributed by atoms with Crippen molar-refractivity contribution >= 4 is 56.7 Å². The molecule has 1 aromatic heterocycles. The third-order valence-corrected chi connectivity index (χ3v) is 6.16. The van der Waals surface area contributed by atoms with Crippen LogP contribution < -0.4 is 10.5 Å². The van der Waals surface area contributed by atoms with Crippen LogP contribution in [-0.4, -0.2) is 22.5 Å². The lowest BCUT2D eigenvalue weighted by Gasteiger charge is -2.12. The summed E-state index contributed by atoms with van der Waals surface area (Å²) in [4.78, 5) is 32.8. The fourth-order valence-corrected chi connectivity index (χ4v) is 4.40. The highest BCUT2D eigenvalue weighted by atomic mass is 127. The van der Waals surface area contributed by atoms with E-state index in [1.54, 1.807) is 22.6 Å². The molecule has 0 fully saturated rings. The molecule has 0 unspecified atom stereocenters. The number of hydrogen-bond acceptors (Lipinski definition) is 3. The quantitative estimate of drug-likeness (QED) is 0.295. The molecule has 0 radical (unpaired) electrons. The fraction of sp³-hybridized carbons (Fsp3) is 0.0800. The van der Waals surface area contributed by atoms with E-state index in [4.69, 9.17) is 4.98 Å². The molecular formula is C25H18IN3O2. The minimum absolute atomic E-state index is 0.107. The number of likely N-dealkylation sites (N-methyl/N-ethyl adjacent to an activating group) is 1. The molecule has 0 saturated carbocycles. The predicted molar refractivity (Wildman–Crippen MR) is 132 cm³/mol. The summed E-state index contributed by atoms with van der Waals surface area (Å²) >= 11 is 2.20. The highest BCUT2D eigenvalue weighted by Crippen LogP contribution is 2.36. The second-order valence-electron chi connectivity index (χ2n) is 7.45. The van der Waals surface area contributed by atoms with Crippen LogP contribution in [0, 0.1) is 3.57 Å². The lowest BCUT2D eigenvalue weighted by molar-refractivity contribution is -0.112. The van der Waals surface area contributed by atoms with Gasteiger partial charge in [-0.25, -0.2) is 4.98 Å². The van der Waals surface area contributed by atoms with E-state index >= 15 is 0 Å². The Labute approximate surface area is 192 Å². The average molecular weight is 519 g/mol. The zero-order valence-corrected chi connectivity index (χ0v) is 18.9. The molecule has 3 aromatic carbocycles. The number of fused-ring (bicyclic) bond motifs is 2. The molecule has 0 bridgehead atoms.